The van der Waals surface area contributed by atoms with Gasteiger partial charge in [0, 0.05) is 24.6 Å². The van der Waals surface area contributed by atoms with Crippen molar-refractivity contribution in [2.45, 2.75) is 94.1 Å². The third kappa shape index (κ3) is 8.87. The lowest BCUT2D eigenvalue weighted by Crippen LogP contribution is -2.70. The Hall–Kier alpha value is -3.56. The van der Waals surface area contributed by atoms with E-state index < -0.39 is 51.8 Å². The molecule has 3 unspecified atom stereocenters. The van der Waals surface area contributed by atoms with Gasteiger partial charge in [0.2, 0.25) is 11.1 Å². The second-order valence-electron chi connectivity index (χ2n) is 12.0. The van der Waals surface area contributed by atoms with Crippen molar-refractivity contribution in [3.05, 3.63) is 11.3 Å². The number of amides is 3. The van der Waals surface area contributed by atoms with Crippen LogP contribution in [-0.4, -0.2) is 106 Å². The molecule has 1 aromatic rings. The van der Waals surface area contributed by atoms with E-state index in [0.29, 0.717) is 36.0 Å². The number of amidine groups is 2. The predicted molar refractivity (Wildman–Crippen MR) is 174 cm³/mol. The van der Waals surface area contributed by atoms with Crippen molar-refractivity contribution in [2.75, 3.05) is 18.1 Å². The Morgan fingerprint density at radius 1 is 1.26 bits per heavy atom. The number of aliphatic imine (C=N–C) groups is 1. The van der Waals surface area contributed by atoms with Crippen LogP contribution in [0.2, 0.25) is 0 Å². The molecule has 1 aliphatic carbocycles. The van der Waals surface area contributed by atoms with Crippen LogP contribution in [0.15, 0.2) is 30.3 Å². The highest BCUT2D eigenvalue weighted by Gasteiger charge is 2.54. The summed E-state index contributed by atoms with van der Waals surface area (Å²) in [7, 11) is -1.11. The predicted octanol–water partition coefficient (Wildman–Crippen LogP) is 1.13. The second kappa shape index (κ2) is 15.1. The summed E-state index contributed by atoms with van der Waals surface area (Å²) in [6.07, 6.45) is 3.90. The lowest BCUT2D eigenvalue weighted by molar-refractivity contribution is -0.150. The van der Waals surface area contributed by atoms with E-state index in [4.69, 9.17) is 15.3 Å². The molecule has 5 N–H and O–H groups in total. The first-order valence-corrected chi connectivity index (χ1v) is 18.1. The number of carbonyl (C=O) groups excluding carboxylic acids is 3. The molecule has 18 nitrogen and oxygen atoms in total. The molecule has 3 amide bonds. The number of carboxylic acid groups (broad SMARTS) is 1. The number of aromatic nitrogens is 4. The topological polar surface area (TPSA) is 241 Å². The fourth-order valence-corrected chi connectivity index (χ4v) is 8.33. The Morgan fingerprint density at radius 3 is 2.74 bits per heavy atom. The number of hydrogen-bond donors (Lipinski definition) is 4. The largest absolute Gasteiger partial charge is 0.477 e. The molecule has 2 fully saturated rings. The minimum absolute atomic E-state index is 0.0470. The van der Waals surface area contributed by atoms with Crippen molar-refractivity contribution in [1.29, 1.82) is 0 Å². The number of tetrazole rings is 1. The van der Waals surface area contributed by atoms with Gasteiger partial charge in [-0.1, -0.05) is 29.1 Å². The molecular formula is C26H37N11O7S3. The van der Waals surface area contributed by atoms with E-state index in [2.05, 4.69) is 40.1 Å². The molecule has 1 saturated heterocycles. The number of nitrogens with two attached hydrogens (primary N) is 1. The molecule has 4 aliphatic rings. The number of aryl methyl sites for hydroxylation is 1. The summed E-state index contributed by atoms with van der Waals surface area (Å²) < 4.78 is 15.2. The minimum Gasteiger partial charge on any atom is -0.477 e. The maximum atomic E-state index is 13.1. The van der Waals surface area contributed by atoms with E-state index in [1.165, 1.54) is 28.4 Å². The van der Waals surface area contributed by atoms with E-state index in [-0.39, 0.29) is 35.0 Å². The molecule has 1 aromatic heterocycles. The summed E-state index contributed by atoms with van der Waals surface area (Å²) in [5.41, 5.74) is 5.76. The molecule has 3 atom stereocenters. The Bertz CT molecular complexity index is 1530. The van der Waals surface area contributed by atoms with Gasteiger partial charge in [-0.15, -0.1) is 16.9 Å². The molecule has 4 heterocycles. The highest BCUT2D eigenvalue weighted by Crippen LogP contribution is 2.41. The molecule has 0 spiro atoms. The van der Waals surface area contributed by atoms with E-state index in [0.717, 1.165) is 25.7 Å². The number of carbonyl (C=O) groups is 4. The van der Waals surface area contributed by atoms with Crippen molar-refractivity contribution >= 4 is 69.3 Å². The van der Waals surface area contributed by atoms with Crippen molar-refractivity contribution in [3.63, 3.8) is 0 Å². The van der Waals surface area contributed by atoms with Gasteiger partial charge in [0.15, 0.2) is 11.0 Å². The molecule has 3 aliphatic heterocycles. The summed E-state index contributed by atoms with van der Waals surface area (Å²) in [6, 6.07) is -0.894. The average Bonchev–Trinajstić information content (AvgIpc) is 3.76. The second-order valence-corrected chi connectivity index (χ2v) is 15.3. The number of thioether (sulfide) groups is 2. The van der Waals surface area contributed by atoms with Crippen LogP contribution in [-0.2, 0) is 41.4 Å². The van der Waals surface area contributed by atoms with Gasteiger partial charge in [-0.2, -0.15) is 4.40 Å². The van der Waals surface area contributed by atoms with Crippen LogP contribution in [0.5, 0.6) is 0 Å². The third-order valence-electron chi connectivity index (χ3n) is 7.16. The molecule has 5 rings (SSSR count). The summed E-state index contributed by atoms with van der Waals surface area (Å²) in [4.78, 5) is 60.9. The van der Waals surface area contributed by atoms with Gasteiger partial charge in [-0.05, 0) is 56.0 Å². The van der Waals surface area contributed by atoms with E-state index in [1.54, 1.807) is 25.5 Å². The lowest BCUT2D eigenvalue weighted by atomic mass is 10.0. The fourth-order valence-electron chi connectivity index (χ4n) is 5.04. The monoisotopic (exact) mass is 711 g/mol. The van der Waals surface area contributed by atoms with Gasteiger partial charge in [-0.25, -0.2) is 24.1 Å². The molecule has 0 aromatic carbocycles. The fraction of sp³-hybridized carbons (Fsp3) is 0.654. The van der Waals surface area contributed by atoms with Crippen molar-refractivity contribution in [2.24, 2.45) is 19.6 Å². The number of hydrogen-bond acceptors (Lipinski definition) is 14. The molecular weight excluding hydrogens is 675 g/mol. The number of nitrogens with one attached hydrogen (secondary N) is 2. The number of carboxylic acids is 1. The quantitative estimate of drug-likeness (QED) is 0.0972. The highest BCUT2D eigenvalue weighted by molar-refractivity contribution is 8.01. The zero-order valence-corrected chi connectivity index (χ0v) is 28.5. The highest BCUT2D eigenvalue weighted by atomic mass is 32.2. The van der Waals surface area contributed by atoms with Gasteiger partial charge in [0.1, 0.15) is 33.6 Å². The normalized spacial score (nSPS) is 22.9. The maximum absolute atomic E-state index is 13.1. The first kappa shape index (κ1) is 34.8. The number of alkyl carbamates (subject to hydrolysis) is 1. The van der Waals surface area contributed by atoms with Gasteiger partial charge in [0.25, 0.3) is 5.91 Å². The number of aliphatic carboxylic acids is 1. The first-order chi connectivity index (χ1) is 22.4. The standard InChI is InChI=1S/C26H37N11O7S3/c1-26(2,3)43-25(42)28-9-6-10-36-24(31-33-34-36)46-13-14-12-45-21-18(20(39)37(21)19(14)22(40)41)30-17(38)11-16-29-23(27)47(32-16)35-44-15-7-4-5-8-15/h15,18,21H,4-13H2,1-3H3,(H,28,42)(H,30,38)(H,40,41)(H2,27,29,32). The molecule has 21 heteroatoms. The van der Waals surface area contributed by atoms with Crippen LogP contribution in [0.25, 0.3) is 0 Å². The molecule has 0 bridgehead atoms. The van der Waals surface area contributed by atoms with Crippen LogP contribution in [0, 0.1) is 0 Å². The molecule has 1 saturated carbocycles. The summed E-state index contributed by atoms with van der Waals surface area (Å²) >= 11 is 2.60. The van der Waals surface area contributed by atoms with Gasteiger partial charge in [-0.3, -0.25) is 14.5 Å². The van der Waals surface area contributed by atoms with Crippen LogP contribution >= 0.6 is 23.5 Å². The number of β-lactam (4-membered cyclic amide) rings is 1. The van der Waals surface area contributed by atoms with Crippen LogP contribution in [0.1, 0.15) is 59.3 Å². The minimum atomic E-state index is -1.24. The SMILES string of the molecule is CC(C)(C)OC(=O)NCCCn1nnnc1SCC1=C(C(=O)O)N2C(=O)C(NC(=O)CC3=N/S(=N\OC4CCCC4)C(N)=N3)C2SC1. The van der Waals surface area contributed by atoms with E-state index in [9.17, 15) is 24.3 Å². The molecule has 0 radical (unpaired) electrons. The van der Waals surface area contributed by atoms with Crippen molar-refractivity contribution in [3.8, 4) is 0 Å². The van der Waals surface area contributed by atoms with Gasteiger partial charge in [0.05, 0.1) is 12.5 Å². The summed E-state index contributed by atoms with van der Waals surface area (Å²) in [6.45, 7) is 6.10. The Morgan fingerprint density at radius 2 is 2.02 bits per heavy atom. The first-order valence-electron chi connectivity index (χ1n) is 15.0. The lowest BCUT2D eigenvalue weighted by Gasteiger charge is -2.49. The number of rotatable bonds is 13. The van der Waals surface area contributed by atoms with Crippen LogP contribution in [0.3, 0.4) is 0 Å². The number of fused-ring (bicyclic) bond motifs is 1. The third-order valence-corrected chi connectivity index (χ3v) is 10.6. The van der Waals surface area contributed by atoms with Crippen LogP contribution < -0.4 is 16.4 Å². The Kier molecular flexibility index (Phi) is 11.2. The Labute approximate surface area is 281 Å². The average molecular weight is 712 g/mol. The number of ether oxygens (including phenoxy) is 1. The molecule has 47 heavy (non-hydrogen) atoms. The molecule has 256 valence electrons. The van der Waals surface area contributed by atoms with E-state index >= 15 is 0 Å². The van der Waals surface area contributed by atoms with E-state index in [1.807, 2.05) is 0 Å². The zero-order valence-electron chi connectivity index (χ0n) is 26.1. The van der Waals surface area contributed by atoms with Gasteiger partial charge < -0.3 is 26.2 Å². The zero-order chi connectivity index (χ0) is 33.7. The Balaban J connectivity index is 1.12. The number of nitrogens with zero attached hydrogens (tertiary/aromatic N) is 8. The van der Waals surface area contributed by atoms with Crippen molar-refractivity contribution < 1.29 is 33.9 Å². The van der Waals surface area contributed by atoms with Crippen LogP contribution in [0.4, 0.5) is 4.79 Å². The maximum Gasteiger partial charge on any atom is 0.407 e. The summed E-state index contributed by atoms with van der Waals surface area (Å²) in [5.74, 6) is -1.50. The van der Waals surface area contributed by atoms with Gasteiger partial charge >= 0.3 is 12.1 Å². The smallest absolute Gasteiger partial charge is 0.407 e. The van der Waals surface area contributed by atoms with Crippen molar-refractivity contribution in [1.82, 2.24) is 35.7 Å². The summed E-state index contributed by atoms with van der Waals surface area (Å²) in [5, 5.41) is 27.2.